The number of pyridine rings is 1. The first kappa shape index (κ1) is 14.9. The minimum absolute atomic E-state index is 0.170. The summed E-state index contributed by atoms with van der Waals surface area (Å²) in [6, 6.07) is 3.32. The maximum atomic E-state index is 12.1. The second-order valence-electron chi connectivity index (χ2n) is 4.79. The fraction of sp³-hybridized carbons (Fsp3) is 0.538. The van der Waals surface area contributed by atoms with Gasteiger partial charge < -0.3 is 10.1 Å². The van der Waals surface area contributed by atoms with E-state index in [1.54, 1.807) is 19.2 Å². The number of carbonyl (C=O) groups excluding carboxylic acids is 1. The van der Waals surface area contributed by atoms with Crippen molar-refractivity contribution in [2.75, 3.05) is 13.7 Å². The Morgan fingerprint density at radius 1 is 1.50 bits per heavy atom. The maximum absolute atomic E-state index is 12.1. The standard InChI is InChI=1S/C13H19ClN2O2/c1-5-10-6-9(7-11(14)15-10)12(17)16-13(2,3)8-18-4/h6-7H,5,8H2,1-4H3,(H,16,17). The molecular formula is C13H19ClN2O2. The third-order valence-corrected chi connectivity index (χ3v) is 2.62. The van der Waals surface area contributed by atoms with Gasteiger partial charge >= 0.3 is 0 Å². The predicted octanol–water partition coefficient (Wildman–Crippen LogP) is 2.45. The molecular weight excluding hydrogens is 252 g/mol. The molecule has 5 heteroatoms. The van der Waals surface area contributed by atoms with E-state index in [0.717, 1.165) is 12.1 Å². The van der Waals surface area contributed by atoms with Crippen molar-refractivity contribution in [1.29, 1.82) is 0 Å². The second-order valence-corrected chi connectivity index (χ2v) is 5.18. The molecule has 0 atom stereocenters. The topological polar surface area (TPSA) is 51.2 Å². The van der Waals surface area contributed by atoms with Crippen LogP contribution in [0.2, 0.25) is 5.15 Å². The van der Waals surface area contributed by atoms with Gasteiger partial charge in [-0.15, -0.1) is 0 Å². The quantitative estimate of drug-likeness (QED) is 0.836. The second kappa shape index (κ2) is 6.16. The summed E-state index contributed by atoms with van der Waals surface area (Å²) >= 11 is 5.89. The van der Waals surface area contributed by atoms with Gasteiger partial charge in [-0.05, 0) is 32.4 Å². The van der Waals surface area contributed by atoms with Crippen LogP contribution in [0.5, 0.6) is 0 Å². The molecule has 0 aromatic carbocycles. The molecule has 1 aromatic heterocycles. The van der Waals surface area contributed by atoms with Crippen molar-refractivity contribution >= 4 is 17.5 Å². The lowest BCUT2D eigenvalue weighted by Crippen LogP contribution is -2.46. The van der Waals surface area contributed by atoms with Crippen LogP contribution in [0.25, 0.3) is 0 Å². The minimum Gasteiger partial charge on any atom is -0.382 e. The Labute approximate surface area is 113 Å². The van der Waals surface area contributed by atoms with E-state index in [9.17, 15) is 4.79 Å². The van der Waals surface area contributed by atoms with Crippen molar-refractivity contribution in [3.05, 3.63) is 28.5 Å². The Balaban J connectivity index is 2.87. The van der Waals surface area contributed by atoms with E-state index in [4.69, 9.17) is 16.3 Å². The highest BCUT2D eigenvalue weighted by Gasteiger charge is 2.21. The van der Waals surface area contributed by atoms with Gasteiger partial charge in [0.15, 0.2) is 0 Å². The summed E-state index contributed by atoms with van der Waals surface area (Å²) in [5.74, 6) is -0.170. The van der Waals surface area contributed by atoms with E-state index in [1.165, 1.54) is 0 Å². The van der Waals surface area contributed by atoms with Crippen LogP contribution in [-0.2, 0) is 11.2 Å². The zero-order chi connectivity index (χ0) is 13.8. The number of hydrogen-bond acceptors (Lipinski definition) is 3. The van der Waals surface area contributed by atoms with E-state index in [2.05, 4.69) is 10.3 Å². The first-order valence-corrected chi connectivity index (χ1v) is 6.23. The average molecular weight is 271 g/mol. The van der Waals surface area contributed by atoms with Crippen LogP contribution in [0.4, 0.5) is 0 Å². The fourth-order valence-corrected chi connectivity index (χ4v) is 1.87. The van der Waals surface area contributed by atoms with Gasteiger partial charge in [0.2, 0.25) is 0 Å². The Morgan fingerprint density at radius 3 is 2.72 bits per heavy atom. The molecule has 1 aromatic rings. The summed E-state index contributed by atoms with van der Waals surface area (Å²) in [6.07, 6.45) is 0.738. The lowest BCUT2D eigenvalue weighted by molar-refractivity contribution is 0.0820. The van der Waals surface area contributed by atoms with Crippen LogP contribution in [0.3, 0.4) is 0 Å². The highest BCUT2D eigenvalue weighted by atomic mass is 35.5. The van der Waals surface area contributed by atoms with Gasteiger partial charge in [-0.2, -0.15) is 0 Å². The van der Waals surface area contributed by atoms with Crippen LogP contribution < -0.4 is 5.32 Å². The van der Waals surface area contributed by atoms with Gasteiger partial charge in [0.25, 0.3) is 5.91 Å². The molecule has 0 bridgehead atoms. The smallest absolute Gasteiger partial charge is 0.251 e. The van der Waals surface area contributed by atoms with Crippen molar-refractivity contribution in [3.63, 3.8) is 0 Å². The van der Waals surface area contributed by atoms with Crippen LogP contribution >= 0.6 is 11.6 Å². The number of hydrogen-bond donors (Lipinski definition) is 1. The molecule has 0 spiro atoms. The number of nitrogens with zero attached hydrogens (tertiary/aromatic N) is 1. The van der Waals surface area contributed by atoms with Crippen molar-refractivity contribution < 1.29 is 9.53 Å². The van der Waals surface area contributed by atoms with Gasteiger partial charge in [-0.3, -0.25) is 4.79 Å². The Hall–Kier alpha value is -1.13. The zero-order valence-electron chi connectivity index (χ0n) is 11.2. The molecule has 0 fully saturated rings. The summed E-state index contributed by atoms with van der Waals surface area (Å²) in [5, 5.41) is 3.24. The number of aryl methyl sites for hydroxylation is 1. The number of amides is 1. The van der Waals surface area contributed by atoms with Gasteiger partial charge in [-0.25, -0.2) is 4.98 Å². The molecule has 0 aliphatic carbocycles. The predicted molar refractivity (Wildman–Crippen MR) is 72.0 cm³/mol. The van der Waals surface area contributed by atoms with Crippen LogP contribution in [0.15, 0.2) is 12.1 Å². The Morgan fingerprint density at radius 2 is 2.17 bits per heavy atom. The third kappa shape index (κ3) is 4.27. The lowest BCUT2D eigenvalue weighted by Gasteiger charge is -2.25. The number of rotatable bonds is 5. The Kier molecular flexibility index (Phi) is 5.11. The maximum Gasteiger partial charge on any atom is 0.251 e. The third-order valence-electron chi connectivity index (χ3n) is 2.43. The van der Waals surface area contributed by atoms with Crippen LogP contribution in [0, 0.1) is 0 Å². The molecule has 1 heterocycles. The summed E-state index contributed by atoms with van der Waals surface area (Å²) < 4.78 is 5.06. The minimum atomic E-state index is -0.423. The first-order chi connectivity index (χ1) is 8.38. The SMILES string of the molecule is CCc1cc(C(=O)NC(C)(C)COC)cc(Cl)n1. The van der Waals surface area contributed by atoms with Gasteiger partial charge in [0.05, 0.1) is 12.1 Å². The van der Waals surface area contributed by atoms with E-state index >= 15 is 0 Å². The molecule has 4 nitrogen and oxygen atoms in total. The summed E-state index contributed by atoms with van der Waals surface area (Å²) in [4.78, 5) is 16.2. The number of carbonyl (C=O) groups is 1. The zero-order valence-corrected chi connectivity index (χ0v) is 12.0. The fourth-order valence-electron chi connectivity index (χ4n) is 1.64. The number of aromatic nitrogens is 1. The van der Waals surface area contributed by atoms with E-state index < -0.39 is 5.54 Å². The highest BCUT2D eigenvalue weighted by Crippen LogP contribution is 2.13. The Bertz CT molecular complexity index is 433. The van der Waals surface area contributed by atoms with Crippen LogP contribution in [-0.4, -0.2) is 30.1 Å². The van der Waals surface area contributed by atoms with Gasteiger partial charge in [0.1, 0.15) is 5.15 Å². The molecule has 0 aliphatic heterocycles. The van der Waals surface area contributed by atoms with Crippen molar-refractivity contribution in [1.82, 2.24) is 10.3 Å². The van der Waals surface area contributed by atoms with Crippen molar-refractivity contribution in [2.24, 2.45) is 0 Å². The first-order valence-electron chi connectivity index (χ1n) is 5.86. The normalized spacial score (nSPS) is 11.4. The molecule has 1 N–H and O–H groups in total. The van der Waals surface area contributed by atoms with E-state index in [-0.39, 0.29) is 5.91 Å². The van der Waals surface area contributed by atoms with Crippen molar-refractivity contribution in [2.45, 2.75) is 32.7 Å². The largest absolute Gasteiger partial charge is 0.382 e. The highest BCUT2D eigenvalue weighted by molar-refractivity contribution is 6.29. The molecule has 0 radical (unpaired) electrons. The molecule has 1 rings (SSSR count). The summed E-state index contributed by atoms with van der Waals surface area (Å²) in [7, 11) is 1.60. The number of halogens is 1. The number of nitrogens with one attached hydrogen (secondary N) is 1. The van der Waals surface area contributed by atoms with E-state index in [0.29, 0.717) is 17.3 Å². The number of methoxy groups -OCH3 is 1. The average Bonchev–Trinajstić information content (AvgIpc) is 2.27. The van der Waals surface area contributed by atoms with Crippen molar-refractivity contribution in [3.8, 4) is 0 Å². The molecule has 18 heavy (non-hydrogen) atoms. The van der Waals surface area contributed by atoms with Gasteiger partial charge in [-0.1, -0.05) is 18.5 Å². The number of ether oxygens (including phenoxy) is 1. The summed E-state index contributed by atoms with van der Waals surface area (Å²) in [6.45, 7) is 6.21. The molecule has 0 saturated heterocycles. The molecule has 0 aliphatic rings. The lowest BCUT2D eigenvalue weighted by atomic mass is 10.1. The monoisotopic (exact) mass is 270 g/mol. The molecule has 0 saturated carbocycles. The van der Waals surface area contributed by atoms with Crippen LogP contribution in [0.1, 0.15) is 36.8 Å². The van der Waals surface area contributed by atoms with Gasteiger partial charge in [0, 0.05) is 18.4 Å². The molecule has 0 unspecified atom stereocenters. The summed E-state index contributed by atoms with van der Waals surface area (Å²) in [5.41, 5.74) is 0.904. The van der Waals surface area contributed by atoms with E-state index in [1.807, 2.05) is 20.8 Å². The molecule has 100 valence electrons. The molecule has 1 amide bonds.